The van der Waals surface area contributed by atoms with Gasteiger partial charge in [0.25, 0.3) is 0 Å². The van der Waals surface area contributed by atoms with Crippen molar-refractivity contribution in [3.05, 3.63) is 59.9 Å². The molecule has 0 atom stereocenters. The van der Waals surface area contributed by atoms with Gasteiger partial charge in [-0.05, 0) is 43.3 Å². The molecule has 0 bridgehead atoms. The van der Waals surface area contributed by atoms with Crippen molar-refractivity contribution in [1.82, 2.24) is 0 Å². The maximum absolute atomic E-state index is 12.7. The van der Waals surface area contributed by atoms with Crippen molar-refractivity contribution >= 4 is 23.4 Å². The zero-order chi connectivity index (χ0) is 14.4. The van der Waals surface area contributed by atoms with Crippen LogP contribution >= 0.6 is 11.8 Å². The number of hydrogen-bond acceptors (Lipinski definition) is 2. The van der Waals surface area contributed by atoms with Gasteiger partial charge in [0, 0.05) is 22.8 Å². The molecule has 0 aliphatic heterocycles. The standard InChI is InChI=1S/C16H16FNOS/c1-12-2-6-14(7-3-12)18-16(19)10-11-20-15-8-4-13(17)5-9-15/h2-9H,10-11H2,1H3,(H,18,19). The fourth-order valence-corrected chi connectivity index (χ4v) is 2.50. The molecular weight excluding hydrogens is 273 g/mol. The van der Waals surface area contributed by atoms with Gasteiger partial charge in [0.15, 0.2) is 0 Å². The van der Waals surface area contributed by atoms with E-state index in [9.17, 15) is 9.18 Å². The maximum Gasteiger partial charge on any atom is 0.225 e. The molecule has 0 unspecified atom stereocenters. The highest BCUT2D eigenvalue weighted by Crippen LogP contribution is 2.19. The number of thioether (sulfide) groups is 1. The molecule has 0 aromatic heterocycles. The fraction of sp³-hybridized carbons (Fsp3) is 0.188. The third kappa shape index (κ3) is 4.70. The first kappa shape index (κ1) is 14.6. The Morgan fingerprint density at radius 3 is 2.40 bits per heavy atom. The normalized spacial score (nSPS) is 10.3. The Hall–Kier alpha value is -1.81. The second-order valence-corrected chi connectivity index (χ2v) is 5.63. The number of benzene rings is 2. The van der Waals surface area contributed by atoms with E-state index in [1.165, 1.54) is 12.1 Å². The van der Waals surface area contributed by atoms with Crippen LogP contribution in [-0.2, 0) is 4.79 Å². The van der Waals surface area contributed by atoms with Crippen LogP contribution in [0.15, 0.2) is 53.4 Å². The van der Waals surface area contributed by atoms with E-state index in [0.29, 0.717) is 12.2 Å². The maximum atomic E-state index is 12.7. The van der Waals surface area contributed by atoms with Gasteiger partial charge in [0.2, 0.25) is 5.91 Å². The van der Waals surface area contributed by atoms with Crippen LogP contribution in [-0.4, -0.2) is 11.7 Å². The van der Waals surface area contributed by atoms with Crippen molar-refractivity contribution < 1.29 is 9.18 Å². The number of nitrogens with one attached hydrogen (secondary N) is 1. The first-order chi connectivity index (χ1) is 9.63. The average Bonchev–Trinajstić information content (AvgIpc) is 2.44. The van der Waals surface area contributed by atoms with Gasteiger partial charge in [0.1, 0.15) is 5.82 Å². The molecule has 1 amide bonds. The van der Waals surface area contributed by atoms with E-state index >= 15 is 0 Å². The number of amides is 1. The monoisotopic (exact) mass is 289 g/mol. The first-order valence-corrected chi connectivity index (χ1v) is 7.37. The quantitative estimate of drug-likeness (QED) is 0.833. The fourth-order valence-electron chi connectivity index (χ4n) is 1.65. The summed E-state index contributed by atoms with van der Waals surface area (Å²) in [6, 6.07) is 14.0. The van der Waals surface area contributed by atoms with Crippen molar-refractivity contribution in [3.8, 4) is 0 Å². The summed E-state index contributed by atoms with van der Waals surface area (Å²) in [5, 5.41) is 2.85. The summed E-state index contributed by atoms with van der Waals surface area (Å²) in [6.07, 6.45) is 0.427. The number of hydrogen-bond donors (Lipinski definition) is 1. The van der Waals surface area contributed by atoms with Crippen LogP contribution in [0.4, 0.5) is 10.1 Å². The number of halogens is 1. The third-order valence-electron chi connectivity index (χ3n) is 2.75. The van der Waals surface area contributed by atoms with E-state index in [2.05, 4.69) is 5.32 Å². The molecule has 0 fully saturated rings. The van der Waals surface area contributed by atoms with E-state index in [-0.39, 0.29) is 11.7 Å². The molecule has 0 radical (unpaired) electrons. The summed E-state index contributed by atoms with van der Waals surface area (Å²) in [4.78, 5) is 12.7. The van der Waals surface area contributed by atoms with Crippen LogP contribution in [0.2, 0.25) is 0 Å². The third-order valence-corrected chi connectivity index (χ3v) is 3.76. The highest BCUT2D eigenvalue weighted by atomic mass is 32.2. The molecule has 104 valence electrons. The van der Waals surface area contributed by atoms with Crippen molar-refractivity contribution in [3.63, 3.8) is 0 Å². The summed E-state index contributed by atoms with van der Waals surface area (Å²) in [6.45, 7) is 2.00. The van der Waals surface area contributed by atoms with E-state index in [1.54, 1.807) is 23.9 Å². The smallest absolute Gasteiger partial charge is 0.225 e. The second kappa shape index (κ2) is 7.10. The molecule has 0 aliphatic rings. The Balaban J connectivity index is 1.75. The van der Waals surface area contributed by atoms with Crippen molar-refractivity contribution in [1.29, 1.82) is 0 Å². The molecule has 0 saturated heterocycles. The molecule has 1 N–H and O–H groups in total. The van der Waals surface area contributed by atoms with Crippen LogP contribution in [0.5, 0.6) is 0 Å². The van der Waals surface area contributed by atoms with Gasteiger partial charge in [-0.25, -0.2) is 4.39 Å². The topological polar surface area (TPSA) is 29.1 Å². The molecule has 0 aliphatic carbocycles. The first-order valence-electron chi connectivity index (χ1n) is 6.38. The minimum Gasteiger partial charge on any atom is -0.326 e. The molecule has 2 aromatic carbocycles. The summed E-state index contributed by atoms with van der Waals surface area (Å²) in [7, 11) is 0. The SMILES string of the molecule is Cc1ccc(NC(=O)CCSc2ccc(F)cc2)cc1. The van der Waals surface area contributed by atoms with Gasteiger partial charge in [-0.2, -0.15) is 0 Å². The predicted octanol–water partition coefficient (Wildman–Crippen LogP) is 4.26. The molecule has 2 rings (SSSR count). The summed E-state index contributed by atoms with van der Waals surface area (Å²) in [5.41, 5.74) is 1.97. The minimum atomic E-state index is -0.244. The molecule has 4 heteroatoms. The van der Waals surface area contributed by atoms with Crippen LogP contribution in [0.3, 0.4) is 0 Å². The lowest BCUT2D eigenvalue weighted by atomic mass is 10.2. The van der Waals surface area contributed by atoms with Gasteiger partial charge < -0.3 is 5.32 Å². The van der Waals surface area contributed by atoms with Crippen LogP contribution in [0.1, 0.15) is 12.0 Å². The van der Waals surface area contributed by atoms with E-state index in [0.717, 1.165) is 16.1 Å². The van der Waals surface area contributed by atoms with Gasteiger partial charge in [-0.1, -0.05) is 17.7 Å². The predicted molar refractivity (Wildman–Crippen MR) is 81.5 cm³/mol. The molecule has 20 heavy (non-hydrogen) atoms. The second-order valence-electron chi connectivity index (χ2n) is 4.47. The summed E-state index contributed by atoms with van der Waals surface area (Å²) < 4.78 is 12.7. The average molecular weight is 289 g/mol. The Morgan fingerprint density at radius 1 is 1.10 bits per heavy atom. The largest absolute Gasteiger partial charge is 0.326 e. The number of aryl methyl sites for hydroxylation is 1. The Morgan fingerprint density at radius 2 is 1.75 bits per heavy atom. The zero-order valence-electron chi connectivity index (χ0n) is 11.2. The van der Waals surface area contributed by atoms with Crippen molar-refractivity contribution in [2.24, 2.45) is 0 Å². The Labute approximate surface area is 122 Å². The zero-order valence-corrected chi connectivity index (χ0v) is 12.0. The number of rotatable bonds is 5. The molecule has 0 heterocycles. The summed E-state index contributed by atoms with van der Waals surface area (Å²) >= 11 is 1.54. The number of carbonyl (C=O) groups excluding carboxylic acids is 1. The van der Waals surface area contributed by atoms with E-state index < -0.39 is 0 Å². The van der Waals surface area contributed by atoms with Crippen LogP contribution in [0, 0.1) is 12.7 Å². The minimum absolute atomic E-state index is 0.0107. The Bertz CT molecular complexity index is 566. The molecule has 0 saturated carbocycles. The lowest BCUT2D eigenvalue weighted by Gasteiger charge is -2.05. The lowest BCUT2D eigenvalue weighted by Crippen LogP contribution is -2.12. The number of carbonyl (C=O) groups is 1. The Kier molecular flexibility index (Phi) is 5.18. The van der Waals surface area contributed by atoms with E-state index in [4.69, 9.17) is 0 Å². The van der Waals surface area contributed by atoms with Gasteiger partial charge in [-0.15, -0.1) is 11.8 Å². The van der Waals surface area contributed by atoms with Crippen molar-refractivity contribution in [2.75, 3.05) is 11.1 Å². The van der Waals surface area contributed by atoms with Crippen LogP contribution < -0.4 is 5.32 Å². The molecule has 2 nitrogen and oxygen atoms in total. The van der Waals surface area contributed by atoms with Gasteiger partial charge >= 0.3 is 0 Å². The highest BCUT2D eigenvalue weighted by Gasteiger charge is 2.03. The summed E-state index contributed by atoms with van der Waals surface area (Å²) in [5.74, 6) is 0.415. The molecule has 0 spiro atoms. The molecular formula is C16H16FNOS. The number of anilines is 1. The highest BCUT2D eigenvalue weighted by molar-refractivity contribution is 7.99. The van der Waals surface area contributed by atoms with Gasteiger partial charge in [-0.3, -0.25) is 4.79 Å². The van der Waals surface area contributed by atoms with Crippen LogP contribution in [0.25, 0.3) is 0 Å². The molecule has 2 aromatic rings. The van der Waals surface area contributed by atoms with Gasteiger partial charge in [0.05, 0.1) is 0 Å². The van der Waals surface area contributed by atoms with E-state index in [1.807, 2.05) is 31.2 Å². The lowest BCUT2D eigenvalue weighted by molar-refractivity contribution is -0.115. The van der Waals surface area contributed by atoms with Crippen molar-refractivity contribution in [2.45, 2.75) is 18.2 Å².